The molecule has 0 amide bonds. The molecule has 1 saturated heterocycles. The van der Waals surface area contributed by atoms with E-state index in [2.05, 4.69) is 51.4 Å². The molecule has 1 aromatic rings. The second-order valence-corrected chi connectivity index (χ2v) is 8.00. The number of nitrogens with one attached hydrogen (secondary N) is 1. The van der Waals surface area contributed by atoms with Crippen LogP contribution in [0.4, 0.5) is 5.69 Å². The molecule has 0 aromatic heterocycles. The van der Waals surface area contributed by atoms with Crippen molar-refractivity contribution in [2.24, 2.45) is 10.7 Å². The summed E-state index contributed by atoms with van der Waals surface area (Å²) in [5.41, 5.74) is 8.51. The Bertz CT molecular complexity index is 591. The van der Waals surface area contributed by atoms with Crippen molar-refractivity contribution >= 4 is 11.6 Å². The third-order valence-electron chi connectivity index (χ3n) is 5.96. The lowest BCUT2D eigenvalue weighted by atomic mass is 9.94. The Morgan fingerprint density at radius 2 is 1.89 bits per heavy atom. The van der Waals surface area contributed by atoms with Crippen LogP contribution in [0, 0.1) is 0 Å². The largest absolute Gasteiger partial charge is 0.379 e. The highest BCUT2D eigenvalue weighted by atomic mass is 16.5. The Kier molecular flexibility index (Phi) is 8.42. The van der Waals surface area contributed by atoms with Crippen molar-refractivity contribution in [2.45, 2.75) is 51.1 Å². The van der Waals surface area contributed by atoms with Gasteiger partial charge in [-0.3, -0.25) is 4.90 Å². The number of anilines is 1. The number of morpholine rings is 1. The normalized spacial score (nSPS) is 19.5. The van der Waals surface area contributed by atoms with Gasteiger partial charge in [-0.25, -0.2) is 4.99 Å². The molecule has 0 spiro atoms. The van der Waals surface area contributed by atoms with Gasteiger partial charge in [0.25, 0.3) is 0 Å². The summed E-state index contributed by atoms with van der Waals surface area (Å²) < 4.78 is 5.37. The first-order valence-corrected chi connectivity index (χ1v) is 10.9. The number of hydrogen-bond donors (Lipinski definition) is 2. The van der Waals surface area contributed by atoms with Crippen molar-refractivity contribution in [3.05, 3.63) is 29.8 Å². The Morgan fingerprint density at radius 3 is 2.61 bits per heavy atom. The molecule has 6 heteroatoms. The van der Waals surface area contributed by atoms with Gasteiger partial charge in [-0.05, 0) is 43.5 Å². The van der Waals surface area contributed by atoms with Gasteiger partial charge < -0.3 is 20.7 Å². The van der Waals surface area contributed by atoms with Crippen LogP contribution >= 0.6 is 0 Å². The zero-order chi connectivity index (χ0) is 19.6. The van der Waals surface area contributed by atoms with Crippen LogP contribution in [0.25, 0.3) is 0 Å². The molecule has 3 N–H and O–H groups in total. The lowest BCUT2D eigenvalue weighted by Crippen LogP contribution is -2.39. The average Bonchev–Trinajstić information content (AvgIpc) is 2.76. The molecule has 1 aliphatic heterocycles. The molecule has 2 aliphatic rings. The number of nitrogens with two attached hydrogens (primary N) is 1. The highest BCUT2D eigenvalue weighted by Gasteiger charge is 2.18. The zero-order valence-corrected chi connectivity index (χ0v) is 17.4. The van der Waals surface area contributed by atoms with E-state index in [9.17, 15) is 0 Å². The van der Waals surface area contributed by atoms with Gasteiger partial charge in [-0.1, -0.05) is 31.4 Å². The van der Waals surface area contributed by atoms with E-state index in [0.29, 0.717) is 18.5 Å². The second kappa shape index (κ2) is 11.3. The smallest absolute Gasteiger partial charge is 0.188 e. The standard InChI is InChI=1S/C22H37N5O/c1-26(20-6-3-2-4-7-20)21-10-8-19(9-11-21)18-25-22(23)24-12-5-13-27-14-16-28-17-15-27/h8-11,20H,2-7,12-18H2,1H3,(H3,23,24,25). The predicted molar refractivity (Wildman–Crippen MR) is 117 cm³/mol. The van der Waals surface area contributed by atoms with Crippen LogP contribution in [0.5, 0.6) is 0 Å². The minimum absolute atomic E-state index is 0.533. The SMILES string of the molecule is CN(c1ccc(CN=C(N)NCCCN2CCOCC2)cc1)C1CCCCC1. The molecule has 0 radical (unpaired) electrons. The van der Waals surface area contributed by atoms with Crippen LogP contribution in [-0.4, -0.2) is 63.3 Å². The molecule has 1 aliphatic carbocycles. The number of hydrogen-bond acceptors (Lipinski definition) is 4. The van der Waals surface area contributed by atoms with Gasteiger partial charge in [-0.2, -0.15) is 0 Å². The Balaban J connectivity index is 1.37. The van der Waals surface area contributed by atoms with Gasteiger partial charge in [0.1, 0.15) is 0 Å². The fourth-order valence-corrected chi connectivity index (χ4v) is 4.09. The maximum atomic E-state index is 6.01. The third-order valence-corrected chi connectivity index (χ3v) is 5.96. The summed E-state index contributed by atoms with van der Waals surface area (Å²) in [6.45, 7) is 6.34. The Morgan fingerprint density at radius 1 is 1.18 bits per heavy atom. The van der Waals surface area contributed by atoms with Crippen molar-refractivity contribution in [3.63, 3.8) is 0 Å². The van der Waals surface area contributed by atoms with Crippen LogP contribution < -0.4 is 16.0 Å². The first kappa shape index (κ1) is 20.9. The number of guanidine groups is 1. The van der Waals surface area contributed by atoms with Gasteiger partial charge >= 0.3 is 0 Å². The molecule has 0 atom stereocenters. The number of ether oxygens (including phenoxy) is 1. The minimum atomic E-state index is 0.533. The van der Waals surface area contributed by atoms with Gasteiger partial charge in [0, 0.05) is 38.4 Å². The molecule has 28 heavy (non-hydrogen) atoms. The molecule has 0 bridgehead atoms. The van der Waals surface area contributed by atoms with Gasteiger partial charge in [0.2, 0.25) is 0 Å². The first-order valence-electron chi connectivity index (χ1n) is 10.9. The summed E-state index contributed by atoms with van der Waals surface area (Å²) in [4.78, 5) is 9.36. The first-order chi connectivity index (χ1) is 13.7. The Hall–Kier alpha value is -1.79. The van der Waals surface area contributed by atoms with Gasteiger partial charge in [-0.15, -0.1) is 0 Å². The second-order valence-electron chi connectivity index (χ2n) is 8.00. The van der Waals surface area contributed by atoms with Crippen LogP contribution in [-0.2, 0) is 11.3 Å². The molecular weight excluding hydrogens is 350 g/mol. The molecular formula is C22H37N5O. The molecule has 1 heterocycles. The van der Waals surface area contributed by atoms with Crippen molar-refractivity contribution < 1.29 is 4.74 Å². The summed E-state index contributed by atoms with van der Waals surface area (Å²) in [6.07, 6.45) is 7.82. The van der Waals surface area contributed by atoms with Crippen molar-refractivity contribution in [1.29, 1.82) is 0 Å². The molecule has 6 nitrogen and oxygen atoms in total. The highest BCUT2D eigenvalue weighted by molar-refractivity contribution is 5.77. The van der Waals surface area contributed by atoms with Crippen LogP contribution in [0.2, 0.25) is 0 Å². The minimum Gasteiger partial charge on any atom is -0.379 e. The Labute approximate surface area is 170 Å². The lowest BCUT2D eigenvalue weighted by Gasteiger charge is -2.33. The maximum Gasteiger partial charge on any atom is 0.188 e. The van der Waals surface area contributed by atoms with E-state index in [1.54, 1.807) is 0 Å². The van der Waals surface area contributed by atoms with Crippen molar-refractivity contribution in [1.82, 2.24) is 10.2 Å². The van der Waals surface area contributed by atoms with E-state index in [-0.39, 0.29) is 0 Å². The van der Waals surface area contributed by atoms with E-state index >= 15 is 0 Å². The van der Waals surface area contributed by atoms with Gasteiger partial charge in [0.15, 0.2) is 5.96 Å². The highest BCUT2D eigenvalue weighted by Crippen LogP contribution is 2.26. The van der Waals surface area contributed by atoms with Crippen molar-refractivity contribution in [3.8, 4) is 0 Å². The number of rotatable bonds is 8. The predicted octanol–water partition coefficient (Wildman–Crippen LogP) is 2.58. The zero-order valence-electron chi connectivity index (χ0n) is 17.4. The monoisotopic (exact) mass is 387 g/mol. The summed E-state index contributed by atoms with van der Waals surface area (Å²) in [5, 5.41) is 3.23. The average molecular weight is 388 g/mol. The molecule has 2 fully saturated rings. The molecule has 0 unspecified atom stereocenters. The summed E-state index contributed by atoms with van der Waals surface area (Å²) in [6, 6.07) is 9.46. The van der Waals surface area contributed by atoms with Crippen LogP contribution in [0.15, 0.2) is 29.3 Å². The summed E-state index contributed by atoms with van der Waals surface area (Å²) in [5.74, 6) is 0.533. The molecule has 1 aromatic carbocycles. The van der Waals surface area contributed by atoms with E-state index in [4.69, 9.17) is 10.5 Å². The van der Waals surface area contributed by atoms with Crippen LogP contribution in [0.1, 0.15) is 44.1 Å². The summed E-state index contributed by atoms with van der Waals surface area (Å²) >= 11 is 0. The maximum absolute atomic E-state index is 6.01. The molecule has 3 rings (SSSR count). The van der Waals surface area contributed by atoms with E-state index in [1.165, 1.54) is 43.4 Å². The molecule has 156 valence electrons. The number of nitrogens with zero attached hydrogens (tertiary/aromatic N) is 3. The van der Waals surface area contributed by atoms with Crippen molar-refractivity contribution in [2.75, 3.05) is 51.3 Å². The quantitative estimate of drug-likeness (QED) is 0.408. The van der Waals surface area contributed by atoms with E-state index in [0.717, 1.165) is 45.8 Å². The fourth-order valence-electron chi connectivity index (χ4n) is 4.09. The van der Waals surface area contributed by atoms with Gasteiger partial charge in [0.05, 0.1) is 19.8 Å². The summed E-state index contributed by atoms with van der Waals surface area (Å²) in [7, 11) is 2.22. The number of aliphatic imine (C=N–C) groups is 1. The molecule has 1 saturated carbocycles. The third kappa shape index (κ3) is 6.67. The topological polar surface area (TPSA) is 66.1 Å². The van der Waals surface area contributed by atoms with E-state index < -0.39 is 0 Å². The fraction of sp³-hybridized carbons (Fsp3) is 0.682. The lowest BCUT2D eigenvalue weighted by molar-refractivity contribution is 0.0376. The van der Waals surface area contributed by atoms with E-state index in [1.807, 2.05) is 0 Å². The number of benzene rings is 1. The van der Waals surface area contributed by atoms with Crippen LogP contribution in [0.3, 0.4) is 0 Å².